The fourth-order valence-electron chi connectivity index (χ4n) is 1.47. The molecule has 0 radical (unpaired) electrons. The van der Waals surface area contributed by atoms with E-state index in [9.17, 15) is 0 Å². The number of rotatable bonds is 1. The maximum atomic E-state index is 6.10. The molecule has 84 valence electrons. The molecule has 3 nitrogen and oxygen atoms in total. The molecule has 0 saturated carbocycles. The molecule has 0 atom stereocenters. The summed E-state index contributed by atoms with van der Waals surface area (Å²) in [6, 6.07) is 1.82. The molecule has 6 heteroatoms. The fraction of sp³-hybridized carbons (Fsp3) is 0.200. The van der Waals surface area contributed by atoms with Crippen molar-refractivity contribution in [2.45, 2.75) is 13.3 Å². The van der Waals surface area contributed by atoms with Crippen LogP contribution in [0.1, 0.15) is 12.5 Å². The molecular weight excluding hydrogens is 268 g/mol. The van der Waals surface area contributed by atoms with Crippen LogP contribution in [0.25, 0.3) is 11.0 Å². The highest BCUT2D eigenvalue weighted by Gasteiger charge is 2.12. The minimum Gasteiger partial charge on any atom is -0.396 e. The SMILES string of the molecule is CCc1cc2nc(Cl)c(Cl)nc2c(N)c1Cl. The normalized spacial score (nSPS) is 11.0. The van der Waals surface area contributed by atoms with Crippen molar-refractivity contribution in [3.63, 3.8) is 0 Å². The highest BCUT2D eigenvalue weighted by Crippen LogP contribution is 2.32. The van der Waals surface area contributed by atoms with Crippen molar-refractivity contribution in [3.8, 4) is 0 Å². The van der Waals surface area contributed by atoms with Gasteiger partial charge in [-0.15, -0.1) is 0 Å². The molecule has 0 aliphatic rings. The zero-order chi connectivity index (χ0) is 11.9. The van der Waals surface area contributed by atoms with E-state index in [-0.39, 0.29) is 10.3 Å². The van der Waals surface area contributed by atoms with Crippen LogP contribution in [0.15, 0.2) is 6.07 Å². The quantitative estimate of drug-likeness (QED) is 0.807. The summed E-state index contributed by atoms with van der Waals surface area (Å²) in [7, 11) is 0. The van der Waals surface area contributed by atoms with Crippen molar-refractivity contribution in [1.82, 2.24) is 9.97 Å². The highest BCUT2D eigenvalue weighted by atomic mass is 35.5. The van der Waals surface area contributed by atoms with Crippen LogP contribution in [0, 0.1) is 0 Å². The van der Waals surface area contributed by atoms with Gasteiger partial charge in [0.2, 0.25) is 0 Å². The lowest BCUT2D eigenvalue weighted by Crippen LogP contribution is -1.97. The van der Waals surface area contributed by atoms with Gasteiger partial charge in [0.05, 0.1) is 16.2 Å². The predicted octanol–water partition coefficient (Wildman–Crippen LogP) is 3.73. The van der Waals surface area contributed by atoms with Crippen LogP contribution in [0.3, 0.4) is 0 Å². The van der Waals surface area contributed by atoms with Crippen molar-refractivity contribution < 1.29 is 0 Å². The first-order valence-corrected chi connectivity index (χ1v) is 5.77. The molecule has 1 aromatic heterocycles. The lowest BCUT2D eigenvalue weighted by molar-refractivity contribution is 1.14. The summed E-state index contributed by atoms with van der Waals surface area (Å²) >= 11 is 17.7. The number of halogens is 3. The van der Waals surface area contributed by atoms with Crippen molar-refractivity contribution >= 4 is 51.5 Å². The summed E-state index contributed by atoms with van der Waals surface area (Å²) in [5.74, 6) is 0. The summed E-state index contributed by atoms with van der Waals surface area (Å²) in [5, 5.41) is 0.793. The first-order valence-electron chi connectivity index (χ1n) is 4.64. The molecule has 0 unspecified atom stereocenters. The number of fused-ring (bicyclic) bond motifs is 1. The number of nitrogen functional groups attached to an aromatic ring is 1. The first kappa shape index (κ1) is 11.7. The Morgan fingerprint density at radius 1 is 1.19 bits per heavy atom. The Morgan fingerprint density at radius 3 is 2.44 bits per heavy atom. The topological polar surface area (TPSA) is 51.8 Å². The average molecular weight is 277 g/mol. The first-order chi connectivity index (χ1) is 7.54. The Labute approximate surface area is 108 Å². The summed E-state index contributed by atoms with van der Waals surface area (Å²) in [6.07, 6.45) is 0.765. The van der Waals surface area contributed by atoms with E-state index in [4.69, 9.17) is 40.5 Å². The van der Waals surface area contributed by atoms with E-state index in [2.05, 4.69) is 9.97 Å². The lowest BCUT2D eigenvalue weighted by atomic mass is 10.1. The van der Waals surface area contributed by atoms with Gasteiger partial charge in [0.15, 0.2) is 10.3 Å². The van der Waals surface area contributed by atoms with Gasteiger partial charge < -0.3 is 5.73 Å². The monoisotopic (exact) mass is 275 g/mol. The Balaban J connectivity index is 2.87. The number of nitrogens with two attached hydrogens (primary N) is 1. The van der Waals surface area contributed by atoms with Gasteiger partial charge in [0.25, 0.3) is 0 Å². The van der Waals surface area contributed by atoms with Gasteiger partial charge >= 0.3 is 0 Å². The van der Waals surface area contributed by atoms with Crippen LogP contribution in [0.5, 0.6) is 0 Å². The van der Waals surface area contributed by atoms with E-state index in [1.807, 2.05) is 13.0 Å². The van der Waals surface area contributed by atoms with E-state index < -0.39 is 0 Å². The molecule has 16 heavy (non-hydrogen) atoms. The standard InChI is InChI=1S/C10H8Cl3N3/c1-2-4-3-5-8(7(14)6(4)11)16-10(13)9(12)15-5/h3H,2,14H2,1H3. The number of nitrogens with zero attached hydrogens (tertiary/aromatic N) is 2. The molecule has 1 aromatic carbocycles. The van der Waals surface area contributed by atoms with Gasteiger partial charge in [-0.3, -0.25) is 0 Å². The van der Waals surface area contributed by atoms with Crippen molar-refractivity contribution in [2.75, 3.05) is 5.73 Å². The molecule has 0 aliphatic carbocycles. The second-order valence-electron chi connectivity index (χ2n) is 3.29. The minimum absolute atomic E-state index is 0.126. The average Bonchev–Trinajstić information content (AvgIpc) is 2.26. The second kappa shape index (κ2) is 4.24. The molecule has 2 rings (SSSR count). The van der Waals surface area contributed by atoms with Crippen molar-refractivity contribution in [2.24, 2.45) is 0 Å². The molecule has 0 saturated heterocycles. The lowest BCUT2D eigenvalue weighted by Gasteiger charge is -2.08. The molecule has 0 amide bonds. The Morgan fingerprint density at radius 2 is 1.81 bits per heavy atom. The smallest absolute Gasteiger partial charge is 0.167 e. The maximum absolute atomic E-state index is 6.10. The van der Waals surface area contributed by atoms with Crippen LogP contribution < -0.4 is 5.73 Å². The number of aryl methyl sites for hydroxylation is 1. The Kier molecular flexibility index (Phi) is 3.10. The molecule has 1 heterocycles. The van der Waals surface area contributed by atoms with Gasteiger partial charge in [-0.25, -0.2) is 9.97 Å². The number of anilines is 1. The largest absolute Gasteiger partial charge is 0.396 e. The molecule has 0 spiro atoms. The maximum Gasteiger partial charge on any atom is 0.167 e. The predicted molar refractivity (Wildman–Crippen MR) is 68.4 cm³/mol. The molecule has 0 fully saturated rings. The second-order valence-corrected chi connectivity index (χ2v) is 4.38. The van der Waals surface area contributed by atoms with E-state index in [1.54, 1.807) is 0 Å². The van der Waals surface area contributed by atoms with Crippen LogP contribution in [-0.2, 0) is 6.42 Å². The van der Waals surface area contributed by atoms with Crippen molar-refractivity contribution in [1.29, 1.82) is 0 Å². The van der Waals surface area contributed by atoms with Crippen LogP contribution in [0.2, 0.25) is 15.3 Å². The number of aromatic nitrogens is 2. The van der Waals surface area contributed by atoms with Gasteiger partial charge in [-0.05, 0) is 18.1 Å². The summed E-state index contributed by atoms with van der Waals surface area (Å²) in [6.45, 7) is 1.98. The zero-order valence-electron chi connectivity index (χ0n) is 8.39. The summed E-state index contributed by atoms with van der Waals surface area (Å²) in [4.78, 5) is 8.19. The molecule has 2 N–H and O–H groups in total. The third-order valence-corrected chi connectivity index (χ3v) is 3.38. The summed E-state index contributed by atoms with van der Waals surface area (Å²) in [5.41, 5.74) is 8.27. The van der Waals surface area contributed by atoms with Crippen LogP contribution >= 0.6 is 34.8 Å². The summed E-state index contributed by atoms with van der Waals surface area (Å²) < 4.78 is 0. The van der Waals surface area contributed by atoms with Crippen LogP contribution in [0.4, 0.5) is 5.69 Å². The molecule has 2 aromatic rings. The number of hydrogen-bond acceptors (Lipinski definition) is 3. The third kappa shape index (κ3) is 1.79. The van der Waals surface area contributed by atoms with E-state index in [0.717, 1.165) is 12.0 Å². The fourth-order valence-corrected chi connectivity index (χ4v) is 2.01. The molecule has 0 aliphatic heterocycles. The van der Waals surface area contributed by atoms with Gasteiger partial charge in [-0.2, -0.15) is 0 Å². The van der Waals surface area contributed by atoms with Gasteiger partial charge in [0.1, 0.15) is 5.52 Å². The number of hydrogen-bond donors (Lipinski definition) is 1. The van der Waals surface area contributed by atoms with E-state index in [1.165, 1.54) is 0 Å². The molecule has 0 bridgehead atoms. The van der Waals surface area contributed by atoms with Crippen LogP contribution in [-0.4, -0.2) is 9.97 Å². The van der Waals surface area contributed by atoms with E-state index >= 15 is 0 Å². The molecular formula is C10H8Cl3N3. The third-order valence-electron chi connectivity index (χ3n) is 2.31. The number of benzene rings is 1. The Hall–Kier alpha value is -0.770. The van der Waals surface area contributed by atoms with E-state index in [0.29, 0.717) is 21.7 Å². The van der Waals surface area contributed by atoms with Gasteiger partial charge in [-0.1, -0.05) is 41.7 Å². The Bertz CT molecular complexity index is 569. The van der Waals surface area contributed by atoms with Gasteiger partial charge in [0, 0.05) is 0 Å². The minimum atomic E-state index is 0.126. The van der Waals surface area contributed by atoms with Crippen molar-refractivity contribution in [3.05, 3.63) is 27.0 Å². The highest BCUT2D eigenvalue weighted by molar-refractivity contribution is 6.41. The zero-order valence-corrected chi connectivity index (χ0v) is 10.7.